The van der Waals surface area contributed by atoms with Crippen LogP contribution in [0.3, 0.4) is 0 Å². The molecule has 0 atom stereocenters. The number of nitrogens with one attached hydrogen (secondary N) is 1. The largest absolute Gasteiger partial charge is 0.486 e. The average Bonchev–Trinajstić information content (AvgIpc) is 2.75. The maximum atomic E-state index is 12.2. The molecule has 0 unspecified atom stereocenters. The van der Waals surface area contributed by atoms with Gasteiger partial charge in [-0.15, -0.1) is 0 Å². The van der Waals surface area contributed by atoms with Crippen molar-refractivity contribution in [2.24, 2.45) is 0 Å². The molecule has 9 heteroatoms. The standard InChI is InChI=1S/C20H19NO7S/c22-17(16-6-7-18-19(12-16)27-10-9-26-18)14-28-20(23)13-21-29(24,25)11-8-15-4-2-1-3-5-15/h1-8,11-12,21H,9-10,13-14H2/b11-8+. The van der Waals surface area contributed by atoms with Crippen molar-refractivity contribution in [3.05, 3.63) is 65.1 Å². The zero-order chi connectivity index (χ0) is 20.7. The molecule has 0 amide bonds. The third-order valence-corrected chi connectivity index (χ3v) is 4.93. The van der Waals surface area contributed by atoms with E-state index in [9.17, 15) is 18.0 Å². The van der Waals surface area contributed by atoms with Crippen LogP contribution in [0.1, 0.15) is 15.9 Å². The van der Waals surface area contributed by atoms with Crippen molar-refractivity contribution in [1.29, 1.82) is 0 Å². The smallest absolute Gasteiger partial charge is 0.321 e. The van der Waals surface area contributed by atoms with E-state index in [4.69, 9.17) is 14.2 Å². The van der Waals surface area contributed by atoms with Crippen LogP contribution in [0, 0.1) is 0 Å². The Balaban J connectivity index is 1.47. The van der Waals surface area contributed by atoms with Crippen molar-refractivity contribution >= 4 is 27.9 Å². The monoisotopic (exact) mass is 417 g/mol. The number of esters is 1. The zero-order valence-corrected chi connectivity index (χ0v) is 16.2. The van der Waals surface area contributed by atoms with Crippen LogP contribution in [0.4, 0.5) is 0 Å². The predicted molar refractivity (Wildman–Crippen MR) is 105 cm³/mol. The first-order valence-electron chi connectivity index (χ1n) is 8.74. The van der Waals surface area contributed by atoms with Gasteiger partial charge in [-0.3, -0.25) is 9.59 Å². The fourth-order valence-corrected chi connectivity index (χ4v) is 3.19. The Morgan fingerprint density at radius 2 is 1.76 bits per heavy atom. The van der Waals surface area contributed by atoms with E-state index in [1.807, 2.05) is 6.07 Å². The number of sulfonamides is 1. The summed E-state index contributed by atoms with van der Waals surface area (Å²) in [6, 6.07) is 13.5. The molecule has 29 heavy (non-hydrogen) atoms. The van der Waals surface area contributed by atoms with Crippen LogP contribution in [0.5, 0.6) is 11.5 Å². The van der Waals surface area contributed by atoms with Crippen molar-refractivity contribution < 1.29 is 32.2 Å². The predicted octanol–water partition coefficient (Wildman–Crippen LogP) is 1.77. The molecule has 0 fully saturated rings. The number of ketones is 1. The van der Waals surface area contributed by atoms with Crippen molar-refractivity contribution in [3.63, 3.8) is 0 Å². The number of benzene rings is 2. The number of carbonyl (C=O) groups excluding carboxylic acids is 2. The molecule has 0 saturated heterocycles. The third kappa shape index (κ3) is 6.16. The number of rotatable bonds is 8. The molecular formula is C20H19NO7S. The molecule has 2 aromatic carbocycles. The molecule has 1 heterocycles. The molecule has 0 bridgehead atoms. The van der Waals surface area contributed by atoms with Gasteiger partial charge in [-0.1, -0.05) is 30.3 Å². The lowest BCUT2D eigenvalue weighted by Crippen LogP contribution is -2.30. The molecular weight excluding hydrogens is 398 g/mol. The first-order chi connectivity index (χ1) is 13.9. The normalized spacial score (nSPS) is 13.2. The molecule has 0 aromatic heterocycles. The molecule has 0 aliphatic carbocycles. The van der Waals surface area contributed by atoms with E-state index in [0.717, 1.165) is 5.41 Å². The second-order valence-corrected chi connectivity index (χ2v) is 7.67. The minimum atomic E-state index is -3.82. The molecule has 0 radical (unpaired) electrons. The second-order valence-electron chi connectivity index (χ2n) is 6.02. The summed E-state index contributed by atoms with van der Waals surface area (Å²) in [6.07, 6.45) is 1.40. The SMILES string of the molecule is O=C(CNS(=O)(=O)/C=C/c1ccccc1)OCC(=O)c1ccc2c(c1)OCCO2. The molecule has 1 aliphatic heterocycles. The number of ether oxygens (including phenoxy) is 3. The van der Waals surface area contributed by atoms with Crippen LogP contribution in [0.2, 0.25) is 0 Å². The van der Waals surface area contributed by atoms with Gasteiger partial charge in [0.1, 0.15) is 19.8 Å². The van der Waals surface area contributed by atoms with Crippen molar-refractivity contribution in [3.8, 4) is 11.5 Å². The van der Waals surface area contributed by atoms with E-state index in [1.54, 1.807) is 36.4 Å². The van der Waals surface area contributed by atoms with E-state index in [-0.39, 0.29) is 0 Å². The fourth-order valence-electron chi connectivity index (χ4n) is 2.44. The Bertz CT molecular complexity index is 1020. The van der Waals surface area contributed by atoms with E-state index in [2.05, 4.69) is 4.72 Å². The lowest BCUT2D eigenvalue weighted by molar-refractivity contribution is -0.141. The highest BCUT2D eigenvalue weighted by molar-refractivity contribution is 7.92. The Kier molecular flexibility index (Phi) is 6.63. The Morgan fingerprint density at radius 1 is 1.03 bits per heavy atom. The van der Waals surface area contributed by atoms with Gasteiger partial charge < -0.3 is 14.2 Å². The molecule has 152 valence electrons. The highest BCUT2D eigenvalue weighted by Gasteiger charge is 2.17. The van der Waals surface area contributed by atoms with Crippen LogP contribution in [0.25, 0.3) is 6.08 Å². The van der Waals surface area contributed by atoms with E-state index >= 15 is 0 Å². The van der Waals surface area contributed by atoms with Gasteiger partial charge in [0, 0.05) is 11.0 Å². The van der Waals surface area contributed by atoms with Gasteiger partial charge in [0.25, 0.3) is 0 Å². The van der Waals surface area contributed by atoms with Crippen LogP contribution in [-0.2, 0) is 19.6 Å². The van der Waals surface area contributed by atoms with Crippen molar-refractivity contribution in [1.82, 2.24) is 4.72 Å². The molecule has 3 rings (SSSR count). The minimum Gasteiger partial charge on any atom is -0.486 e. The summed E-state index contributed by atoms with van der Waals surface area (Å²) < 4.78 is 41.5. The summed E-state index contributed by atoms with van der Waals surface area (Å²) in [5, 5.41) is 0.954. The number of carbonyl (C=O) groups is 2. The van der Waals surface area contributed by atoms with Gasteiger partial charge in [-0.2, -0.15) is 0 Å². The van der Waals surface area contributed by atoms with Gasteiger partial charge in [-0.25, -0.2) is 13.1 Å². The zero-order valence-electron chi connectivity index (χ0n) is 15.4. The molecule has 8 nitrogen and oxygen atoms in total. The fraction of sp³-hybridized carbons (Fsp3) is 0.200. The number of fused-ring (bicyclic) bond motifs is 1. The van der Waals surface area contributed by atoms with Gasteiger partial charge in [-0.05, 0) is 29.8 Å². The Morgan fingerprint density at radius 3 is 2.52 bits per heavy atom. The van der Waals surface area contributed by atoms with E-state index in [1.165, 1.54) is 12.1 Å². The second kappa shape index (κ2) is 9.35. The molecule has 1 N–H and O–H groups in total. The Hall–Kier alpha value is -3.17. The highest BCUT2D eigenvalue weighted by Crippen LogP contribution is 2.30. The van der Waals surface area contributed by atoms with Gasteiger partial charge in [0.2, 0.25) is 10.0 Å². The topological polar surface area (TPSA) is 108 Å². The van der Waals surface area contributed by atoms with Gasteiger partial charge in [0.15, 0.2) is 23.9 Å². The van der Waals surface area contributed by atoms with Gasteiger partial charge >= 0.3 is 5.97 Å². The van der Waals surface area contributed by atoms with Crippen LogP contribution in [0.15, 0.2) is 53.9 Å². The minimum absolute atomic E-state index is 0.299. The first kappa shape index (κ1) is 20.6. The molecule has 2 aromatic rings. The van der Waals surface area contributed by atoms with Gasteiger partial charge in [0.05, 0.1) is 0 Å². The maximum Gasteiger partial charge on any atom is 0.321 e. The summed E-state index contributed by atoms with van der Waals surface area (Å²) in [4.78, 5) is 23.9. The summed E-state index contributed by atoms with van der Waals surface area (Å²) in [5.41, 5.74) is 0.999. The summed E-state index contributed by atoms with van der Waals surface area (Å²) in [7, 11) is -3.82. The lowest BCUT2D eigenvalue weighted by atomic mass is 10.1. The maximum absolute atomic E-state index is 12.2. The third-order valence-electron chi connectivity index (χ3n) is 3.89. The summed E-state index contributed by atoms with van der Waals surface area (Å²) in [6.45, 7) is -0.275. The quantitative estimate of drug-likeness (QED) is 0.515. The summed E-state index contributed by atoms with van der Waals surface area (Å²) in [5.74, 6) is -0.316. The molecule has 0 spiro atoms. The van der Waals surface area contributed by atoms with E-state index < -0.39 is 34.9 Å². The van der Waals surface area contributed by atoms with Crippen LogP contribution in [-0.4, -0.2) is 46.5 Å². The van der Waals surface area contributed by atoms with Crippen LogP contribution >= 0.6 is 0 Å². The highest BCUT2D eigenvalue weighted by atomic mass is 32.2. The van der Waals surface area contributed by atoms with Crippen molar-refractivity contribution in [2.45, 2.75) is 0 Å². The molecule has 0 saturated carbocycles. The summed E-state index contributed by atoms with van der Waals surface area (Å²) >= 11 is 0. The lowest BCUT2D eigenvalue weighted by Gasteiger charge is -2.18. The number of Topliss-reactive ketones (excluding diaryl/α,β-unsaturated/α-hetero) is 1. The average molecular weight is 417 g/mol. The number of hydrogen-bond donors (Lipinski definition) is 1. The first-order valence-corrected chi connectivity index (χ1v) is 10.3. The Labute approximate surface area is 168 Å². The molecule has 1 aliphatic rings. The van der Waals surface area contributed by atoms with E-state index in [0.29, 0.717) is 35.8 Å². The van der Waals surface area contributed by atoms with Crippen molar-refractivity contribution in [2.75, 3.05) is 26.4 Å². The van der Waals surface area contributed by atoms with Crippen LogP contribution < -0.4 is 14.2 Å². The number of hydrogen-bond acceptors (Lipinski definition) is 7.